The van der Waals surface area contributed by atoms with E-state index in [1.807, 2.05) is 12.1 Å². The van der Waals surface area contributed by atoms with Crippen LogP contribution >= 0.6 is 0 Å². The molecule has 21 heavy (non-hydrogen) atoms. The SMILES string of the molecule is O=C(CCCCC(O)c1ccc(C2CCCC2)cc1)NO. The Morgan fingerprint density at radius 3 is 2.48 bits per heavy atom. The molecule has 1 fully saturated rings. The summed E-state index contributed by atoms with van der Waals surface area (Å²) >= 11 is 0. The number of hydrogen-bond acceptors (Lipinski definition) is 3. The van der Waals surface area contributed by atoms with Gasteiger partial charge in [-0.05, 0) is 42.7 Å². The maximum Gasteiger partial charge on any atom is 0.243 e. The molecule has 4 heteroatoms. The van der Waals surface area contributed by atoms with Gasteiger partial charge in [0.15, 0.2) is 0 Å². The summed E-state index contributed by atoms with van der Waals surface area (Å²) in [6, 6.07) is 8.35. The lowest BCUT2D eigenvalue weighted by molar-refractivity contribution is -0.129. The highest BCUT2D eigenvalue weighted by Crippen LogP contribution is 2.34. The highest BCUT2D eigenvalue weighted by atomic mass is 16.5. The second-order valence-corrected chi connectivity index (χ2v) is 5.94. The van der Waals surface area contributed by atoms with Gasteiger partial charge in [0.25, 0.3) is 0 Å². The standard InChI is InChI=1S/C17H25NO3/c19-16(7-3-4-8-17(20)18-21)15-11-9-14(10-12-15)13-5-1-2-6-13/h9-13,16,19,21H,1-8H2,(H,18,20). The number of carbonyl (C=O) groups is 1. The van der Waals surface area contributed by atoms with Crippen LogP contribution in [0.15, 0.2) is 24.3 Å². The van der Waals surface area contributed by atoms with Crippen molar-refractivity contribution < 1.29 is 15.1 Å². The van der Waals surface area contributed by atoms with Crippen LogP contribution in [-0.4, -0.2) is 16.2 Å². The van der Waals surface area contributed by atoms with Crippen LogP contribution in [-0.2, 0) is 4.79 Å². The van der Waals surface area contributed by atoms with Gasteiger partial charge in [-0.3, -0.25) is 10.0 Å². The third-order valence-corrected chi connectivity index (χ3v) is 4.40. The van der Waals surface area contributed by atoms with Crippen LogP contribution in [0.25, 0.3) is 0 Å². The maximum atomic E-state index is 10.9. The Balaban J connectivity index is 1.76. The first-order valence-corrected chi connectivity index (χ1v) is 7.91. The first-order valence-electron chi connectivity index (χ1n) is 7.91. The van der Waals surface area contributed by atoms with Crippen molar-refractivity contribution >= 4 is 5.91 Å². The van der Waals surface area contributed by atoms with Gasteiger partial charge in [0.2, 0.25) is 5.91 Å². The minimum absolute atomic E-state index is 0.295. The van der Waals surface area contributed by atoms with Gasteiger partial charge in [0.05, 0.1) is 6.10 Å². The molecule has 0 saturated heterocycles. The molecular weight excluding hydrogens is 266 g/mol. The number of benzene rings is 1. The molecule has 0 spiro atoms. The van der Waals surface area contributed by atoms with E-state index in [1.165, 1.54) is 31.2 Å². The highest BCUT2D eigenvalue weighted by molar-refractivity contribution is 5.74. The second kappa shape index (κ2) is 8.15. The fourth-order valence-corrected chi connectivity index (χ4v) is 3.10. The molecule has 1 aromatic rings. The fraction of sp³-hybridized carbons (Fsp3) is 0.588. The van der Waals surface area contributed by atoms with Crippen molar-refractivity contribution in [2.24, 2.45) is 0 Å². The van der Waals surface area contributed by atoms with E-state index in [-0.39, 0.29) is 5.91 Å². The number of aliphatic hydroxyl groups is 1. The number of aliphatic hydroxyl groups excluding tert-OH is 1. The highest BCUT2D eigenvalue weighted by Gasteiger charge is 2.17. The van der Waals surface area contributed by atoms with E-state index in [9.17, 15) is 9.90 Å². The molecule has 1 amide bonds. The Morgan fingerprint density at radius 2 is 1.86 bits per heavy atom. The normalized spacial score (nSPS) is 16.9. The zero-order valence-electron chi connectivity index (χ0n) is 12.4. The minimum atomic E-state index is -0.472. The fourth-order valence-electron chi connectivity index (χ4n) is 3.10. The molecule has 1 aliphatic rings. The summed E-state index contributed by atoms with van der Waals surface area (Å²) < 4.78 is 0. The lowest BCUT2D eigenvalue weighted by atomic mass is 9.95. The van der Waals surface area contributed by atoms with E-state index in [1.54, 1.807) is 5.48 Å². The number of hydrogen-bond donors (Lipinski definition) is 3. The average molecular weight is 291 g/mol. The lowest BCUT2D eigenvalue weighted by Crippen LogP contribution is -2.17. The number of amides is 1. The number of hydroxylamine groups is 1. The molecule has 116 valence electrons. The van der Waals surface area contributed by atoms with Crippen molar-refractivity contribution in [1.29, 1.82) is 0 Å². The Hall–Kier alpha value is -1.39. The molecule has 0 aromatic heterocycles. The van der Waals surface area contributed by atoms with Gasteiger partial charge in [-0.2, -0.15) is 0 Å². The van der Waals surface area contributed by atoms with Gasteiger partial charge >= 0.3 is 0 Å². The average Bonchev–Trinajstić information content (AvgIpc) is 3.05. The van der Waals surface area contributed by atoms with Crippen LogP contribution in [0.1, 0.15) is 74.5 Å². The predicted octanol–water partition coefficient (Wildman–Crippen LogP) is 3.44. The van der Waals surface area contributed by atoms with Crippen molar-refractivity contribution in [3.05, 3.63) is 35.4 Å². The third kappa shape index (κ3) is 4.83. The third-order valence-electron chi connectivity index (χ3n) is 4.40. The van der Waals surface area contributed by atoms with Crippen LogP contribution in [0.2, 0.25) is 0 Å². The van der Waals surface area contributed by atoms with Crippen LogP contribution < -0.4 is 5.48 Å². The predicted molar refractivity (Wildman–Crippen MR) is 81.0 cm³/mol. The van der Waals surface area contributed by atoms with Gasteiger partial charge in [0.1, 0.15) is 0 Å². The molecule has 0 heterocycles. The molecule has 3 N–H and O–H groups in total. The number of unbranched alkanes of at least 4 members (excludes halogenated alkanes) is 1. The van der Waals surface area contributed by atoms with E-state index in [4.69, 9.17) is 5.21 Å². The lowest BCUT2D eigenvalue weighted by Gasteiger charge is -2.14. The summed E-state index contributed by atoms with van der Waals surface area (Å²) in [5.41, 5.74) is 3.96. The Kier molecular flexibility index (Phi) is 6.21. The smallest absolute Gasteiger partial charge is 0.243 e. The van der Waals surface area contributed by atoms with E-state index >= 15 is 0 Å². The van der Waals surface area contributed by atoms with Crippen molar-refractivity contribution in [3.63, 3.8) is 0 Å². The molecule has 0 aliphatic heterocycles. The van der Waals surface area contributed by atoms with E-state index in [0.717, 1.165) is 12.0 Å². The number of carbonyl (C=O) groups excluding carboxylic acids is 1. The topological polar surface area (TPSA) is 69.6 Å². The van der Waals surface area contributed by atoms with E-state index in [2.05, 4.69) is 12.1 Å². The molecular formula is C17H25NO3. The molecule has 0 radical (unpaired) electrons. The van der Waals surface area contributed by atoms with Gasteiger partial charge < -0.3 is 5.11 Å². The van der Waals surface area contributed by atoms with Crippen LogP contribution in [0.5, 0.6) is 0 Å². The van der Waals surface area contributed by atoms with Gasteiger partial charge in [-0.1, -0.05) is 43.5 Å². The van der Waals surface area contributed by atoms with Gasteiger partial charge in [-0.25, -0.2) is 5.48 Å². The molecule has 1 aliphatic carbocycles. The van der Waals surface area contributed by atoms with Crippen LogP contribution in [0.3, 0.4) is 0 Å². The molecule has 0 bridgehead atoms. The van der Waals surface area contributed by atoms with Crippen molar-refractivity contribution in [3.8, 4) is 0 Å². The van der Waals surface area contributed by atoms with Gasteiger partial charge in [0, 0.05) is 6.42 Å². The molecule has 1 aromatic carbocycles. The summed E-state index contributed by atoms with van der Waals surface area (Å²) in [7, 11) is 0. The van der Waals surface area contributed by atoms with Crippen LogP contribution in [0, 0.1) is 0 Å². The first-order chi connectivity index (χ1) is 10.2. The summed E-state index contributed by atoms with van der Waals surface area (Å²) in [6.07, 6.45) is 7.13. The zero-order chi connectivity index (χ0) is 15.1. The molecule has 1 saturated carbocycles. The largest absolute Gasteiger partial charge is 0.388 e. The summed E-state index contributed by atoms with van der Waals surface area (Å²) in [6.45, 7) is 0. The van der Waals surface area contributed by atoms with Crippen molar-refractivity contribution in [1.82, 2.24) is 5.48 Å². The second-order valence-electron chi connectivity index (χ2n) is 5.94. The zero-order valence-corrected chi connectivity index (χ0v) is 12.4. The quantitative estimate of drug-likeness (QED) is 0.409. The van der Waals surface area contributed by atoms with Crippen molar-refractivity contribution in [2.45, 2.75) is 63.4 Å². The summed E-state index contributed by atoms with van der Waals surface area (Å²) in [5.74, 6) is 0.332. The summed E-state index contributed by atoms with van der Waals surface area (Å²) in [5, 5.41) is 18.5. The molecule has 1 unspecified atom stereocenters. The maximum absolute atomic E-state index is 10.9. The van der Waals surface area contributed by atoms with Crippen molar-refractivity contribution in [2.75, 3.05) is 0 Å². The van der Waals surface area contributed by atoms with Crippen LogP contribution in [0.4, 0.5) is 0 Å². The Morgan fingerprint density at radius 1 is 1.19 bits per heavy atom. The Bertz CT molecular complexity index is 438. The number of rotatable bonds is 7. The molecule has 2 rings (SSSR count). The summed E-state index contributed by atoms with van der Waals surface area (Å²) in [4.78, 5) is 10.9. The minimum Gasteiger partial charge on any atom is -0.388 e. The van der Waals surface area contributed by atoms with Gasteiger partial charge in [-0.15, -0.1) is 0 Å². The number of nitrogens with one attached hydrogen (secondary N) is 1. The monoisotopic (exact) mass is 291 g/mol. The molecule has 1 atom stereocenters. The first kappa shape index (κ1) is 16.0. The molecule has 4 nitrogen and oxygen atoms in total. The van der Waals surface area contributed by atoms with E-state index in [0.29, 0.717) is 25.2 Å². The Labute approximate surface area is 126 Å². The van der Waals surface area contributed by atoms with E-state index < -0.39 is 6.10 Å².